The Balaban J connectivity index is 2.62. The smallest absolute Gasteiger partial charge is 0.256 e. The van der Waals surface area contributed by atoms with Gasteiger partial charge in [0.25, 0.3) is 5.91 Å². The van der Waals surface area contributed by atoms with Crippen molar-refractivity contribution in [3.63, 3.8) is 0 Å². The molecule has 3 N–H and O–H groups in total. The van der Waals surface area contributed by atoms with Crippen LogP contribution in [0.15, 0.2) is 10.7 Å². The summed E-state index contributed by atoms with van der Waals surface area (Å²) < 4.78 is 4.92. The Morgan fingerprint density at radius 3 is 2.87 bits per heavy atom. The normalized spacial score (nSPS) is 11.5. The summed E-state index contributed by atoms with van der Waals surface area (Å²) in [6.45, 7) is 6.02. The van der Waals surface area contributed by atoms with Gasteiger partial charge in [-0.25, -0.2) is 0 Å². The fourth-order valence-electron chi connectivity index (χ4n) is 1.11. The van der Waals surface area contributed by atoms with Crippen molar-refractivity contribution in [3.8, 4) is 0 Å². The van der Waals surface area contributed by atoms with E-state index in [9.17, 15) is 4.79 Å². The molecular formula is C10H17N3O2. The van der Waals surface area contributed by atoms with Crippen LogP contribution in [0.25, 0.3) is 0 Å². The number of aryl methyl sites for hydroxylation is 1. The zero-order chi connectivity index (χ0) is 11.5. The van der Waals surface area contributed by atoms with Gasteiger partial charge >= 0.3 is 0 Å². The first kappa shape index (κ1) is 11.7. The molecule has 5 heteroatoms. The summed E-state index contributed by atoms with van der Waals surface area (Å²) in [6.07, 6.45) is 2.08. The number of rotatable bonds is 4. The van der Waals surface area contributed by atoms with Crippen molar-refractivity contribution in [2.24, 2.45) is 5.73 Å². The molecule has 0 aromatic carbocycles. The maximum absolute atomic E-state index is 11.7. The molecule has 0 saturated heterocycles. The van der Waals surface area contributed by atoms with Gasteiger partial charge in [0.15, 0.2) is 0 Å². The zero-order valence-electron chi connectivity index (χ0n) is 9.33. The molecule has 0 fully saturated rings. The van der Waals surface area contributed by atoms with E-state index < -0.39 is 5.54 Å². The molecule has 5 nitrogen and oxygen atoms in total. The third-order valence-corrected chi connectivity index (χ3v) is 1.92. The van der Waals surface area contributed by atoms with Crippen LogP contribution in [0.2, 0.25) is 0 Å². The summed E-state index contributed by atoms with van der Waals surface area (Å²) >= 11 is 0. The van der Waals surface area contributed by atoms with E-state index in [2.05, 4.69) is 10.5 Å². The molecule has 0 unspecified atom stereocenters. The quantitative estimate of drug-likeness (QED) is 0.768. The number of amides is 1. The molecule has 0 saturated carbocycles. The molecule has 0 radical (unpaired) electrons. The van der Waals surface area contributed by atoms with Crippen LogP contribution in [0.3, 0.4) is 0 Å². The molecule has 1 amide bonds. The molecule has 15 heavy (non-hydrogen) atoms. The average Bonchev–Trinajstić information content (AvgIpc) is 2.60. The van der Waals surface area contributed by atoms with Gasteiger partial charge in [-0.15, -0.1) is 0 Å². The summed E-state index contributed by atoms with van der Waals surface area (Å²) in [7, 11) is 0. The monoisotopic (exact) mass is 211 g/mol. The van der Waals surface area contributed by atoms with Gasteiger partial charge in [0, 0.05) is 18.5 Å². The number of carbonyl (C=O) groups is 1. The number of hydrogen-bond acceptors (Lipinski definition) is 4. The number of nitrogens with one attached hydrogen (secondary N) is 1. The van der Waals surface area contributed by atoms with Crippen molar-refractivity contribution < 1.29 is 9.32 Å². The lowest BCUT2D eigenvalue weighted by atomic mass is 10.1. The molecule has 0 spiro atoms. The Hall–Kier alpha value is -1.36. The minimum atomic E-state index is -0.417. The number of aromatic nitrogens is 1. The van der Waals surface area contributed by atoms with Gasteiger partial charge in [0.2, 0.25) is 0 Å². The third-order valence-electron chi connectivity index (χ3n) is 1.92. The fraction of sp³-hybridized carbons (Fsp3) is 0.600. The largest absolute Gasteiger partial charge is 0.361 e. The molecule has 0 aliphatic rings. The molecule has 1 aromatic rings. The van der Waals surface area contributed by atoms with Crippen molar-refractivity contribution in [2.45, 2.75) is 32.7 Å². The van der Waals surface area contributed by atoms with Gasteiger partial charge in [-0.2, -0.15) is 0 Å². The molecule has 1 heterocycles. The zero-order valence-corrected chi connectivity index (χ0v) is 9.33. The van der Waals surface area contributed by atoms with Crippen molar-refractivity contribution in [1.82, 2.24) is 10.5 Å². The molecule has 0 aliphatic carbocycles. The SMILES string of the molecule is CCc1oncc1C(=O)NCC(C)(C)N. The van der Waals surface area contributed by atoms with Gasteiger partial charge < -0.3 is 15.6 Å². The standard InChI is InChI=1S/C10H17N3O2/c1-4-8-7(5-13-15-8)9(14)12-6-10(2,3)11/h5H,4,6,11H2,1-3H3,(H,12,14). The molecule has 0 aliphatic heterocycles. The van der Waals surface area contributed by atoms with E-state index in [0.717, 1.165) is 0 Å². The van der Waals surface area contributed by atoms with Crippen LogP contribution in [-0.4, -0.2) is 23.1 Å². The van der Waals surface area contributed by atoms with E-state index in [1.165, 1.54) is 6.20 Å². The van der Waals surface area contributed by atoms with Crippen molar-refractivity contribution in [3.05, 3.63) is 17.5 Å². The first-order valence-corrected chi connectivity index (χ1v) is 4.94. The van der Waals surface area contributed by atoms with Crippen LogP contribution in [0.5, 0.6) is 0 Å². The highest BCUT2D eigenvalue weighted by molar-refractivity contribution is 5.94. The molecule has 1 aromatic heterocycles. The van der Waals surface area contributed by atoms with Crippen molar-refractivity contribution in [1.29, 1.82) is 0 Å². The lowest BCUT2D eigenvalue weighted by Gasteiger charge is -2.18. The Morgan fingerprint density at radius 1 is 1.67 bits per heavy atom. The average molecular weight is 211 g/mol. The Morgan fingerprint density at radius 2 is 2.33 bits per heavy atom. The number of carbonyl (C=O) groups excluding carboxylic acids is 1. The second-order valence-electron chi connectivity index (χ2n) is 4.19. The van der Waals surface area contributed by atoms with Crippen molar-refractivity contribution in [2.75, 3.05) is 6.54 Å². The van der Waals surface area contributed by atoms with E-state index in [0.29, 0.717) is 24.3 Å². The summed E-state index contributed by atoms with van der Waals surface area (Å²) in [4.78, 5) is 11.7. The highest BCUT2D eigenvalue weighted by Crippen LogP contribution is 2.08. The van der Waals surface area contributed by atoms with E-state index in [-0.39, 0.29) is 5.91 Å². The second-order valence-corrected chi connectivity index (χ2v) is 4.19. The van der Waals surface area contributed by atoms with E-state index in [4.69, 9.17) is 10.3 Å². The Kier molecular flexibility index (Phi) is 3.47. The van der Waals surface area contributed by atoms with Crippen LogP contribution in [0.4, 0.5) is 0 Å². The molecular weight excluding hydrogens is 194 g/mol. The van der Waals surface area contributed by atoms with Crippen LogP contribution in [-0.2, 0) is 6.42 Å². The predicted octanol–water partition coefficient (Wildman–Crippen LogP) is 0.704. The Bertz CT molecular complexity index is 339. The summed E-state index contributed by atoms with van der Waals surface area (Å²) in [6, 6.07) is 0. The summed E-state index contributed by atoms with van der Waals surface area (Å²) in [5.74, 6) is 0.411. The van der Waals surface area contributed by atoms with Gasteiger partial charge in [0.05, 0.1) is 6.20 Å². The summed E-state index contributed by atoms with van der Waals surface area (Å²) in [5.41, 5.74) is 5.82. The minimum absolute atomic E-state index is 0.188. The van der Waals surface area contributed by atoms with E-state index >= 15 is 0 Å². The predicted molar refractivity (Wildman–Crippen MR) is 56.5 cm³/mol. The van der Waals surface area contributed by atoms with Crippen LogP contribution in [0.1, 0.15) is 36.9 Å². The number of hydrogen-bond donors (Lipinski definition) is 2. The Labute approximate surface area is 89.0 Å². The van der Waals surface area contributed by atoms with Gasteiger partial charge in [-0.3, -0.25) is 4.79 Å². The maximum atomic E-state index is 11.7. The highest BCUT2D eigenvalue weighted by Gasteiger charge is 2.17. The van der Waals surface area contributed by atoms with Gasteiger partial charge in [-0.05, 0) is 13.8 Å². The highest BCUT2D eigenvalue weighted by atomic mass is 16.5. The number of nitrogens with zero attached hydrogens (tertiary/aromatic N) is 1. The molecule has 0 bridgehead atoms. The second kappa shape index (κ2) is 4.44. The first-order valence-electron chi connectivity index (χ1n) is 4.94. The fourth-order valence-corrected chi connectivity index (χ4v) is 1.11. The molecule has 1 rings (SSSR count). The molecule has 0 atom stereocenters. The number of nitrogens with two attached hydrogens (primary N) is 1. The lowest BCUT2D eigenvalue weighted by Crippen LogP contribution is -2.45. The molecule has 84 valence electrons. The summed E-state index contributed by atoms with van der Waals surface area (Å²) in [5, 5.41) is 6.33. The first-order chi connectivity index (χ1) is 6.94. The lowest BCUT2D eigenvalue weighted by molar-refractivity contribution is 0.0944. The van der Waals surface area contributed by atoms with Crippen LogP contribution >= 0.6 is 0 Å². The van der Waals surface area contributed by atoms with Crippen LogP contribution in [0, 0.1) is 0 Å². The minimum Gasteiger partial charge on any atom is -0.361 e. The van der Waals surface area contributed by atoms with Crippen LogP contribution < -0.4 is 11.1 Å². The van der Waals surface area contributed by atoms with E-state index in [1.54, 1.807) is 0 Å². The van der Waals surface area contributed by atoms with E-state index in [1.807, 2.05) is 20.8 Å². The maximum Gasteiger partial charge on any atom is 0.256 e. The topological polar surface area (TPSA) is 81.2 Å². The third kappa shape index (κ3) is 3.36. The van der Waals surface area contributed by atoms with Gasteiger partial charge in [-0.1, -0.05) is 12.1 Å². The van der Waals surface area contributed by atoms with Crippen molar-refractivity contribution >= 4 is 5.91 Å². The van der Waals surface area contributed by atoms with Gasteiger partial charge in [0.1, 0.15) is 11.3 Å².